The molecule has 2 rings (SSSR count). The van der Waals surface area contributed by atoms with Gasteiger partial charge in [0.2, 0.25) is 11.8 Å². The van der Waals surface area contributed by atoms with Crippen LogP contribution in [0.5, 0.6) is 5.88 Å². The summed E-state index contributed by atoms with van der Waals surface area (Å²) in [6, 6.07) is 13.8. The number of carbonyl (C=O) groups is 1. The van der Waals surface area contributed by atoms with E-state index >= 15 is 0 Å². The Morgan fingerprint density at radius 1 is 1.07 bits per heavy atom. The number of aliphatic imine (C=N–C) groups is 1. The Bertz CT molecular complexity index is 791. The molecule has 0 aliphatic heterocycles. The summed E-state index contributed by atoms with van der Waals surface area (Å²) >= 11 is 0. The first-order valence-electron chi connectivity index (χ1n) is 10.6. The van der Waals surface area contributed by atoms with E-state index in [-0.39, 0.29) is 5.91 Å². The van der Waals surface area contributed by atoms with Crippen LogP contribution < -0.4 is 15.4 Å². The minimum Gasteiger partial charge on any atom is -0.473 e. The fourth-order valence-corrected chi connectivity index (χ4v) is 2.93. The molecule has 0 saturated carbocycles. The zero-order valence-electron chi connectivity index (χ0n) is 18.2. The number of nitrogens with zero attached hydrogens (tertiary/aromatic N) is 3. The summed E-state index contributed by atoms with van der Waals surface area (Å²) in [4.78, 5) is 23.0. The first-order chi connectivity index (χ1) is 14.7. The highest BCUT2D eigenvalue weighted by Crippen LogP contribution is 2.17. The van der Waals surface area contributed by atoms with E-state index in [1.807, 2.05) is 68.1 Å². The number of ether oxygens (including phenoxy) is 1. The molecule has 7 nitrogen and oxygen atoms in total. The molecule has 2 N–H and O–H groups in total. The number of hydrogen-bond donors (Lipinski definition) is 2. The maximum absolute atomic E-state index is 12.2. The lowest BCUT2D eigenvalue weighted by molar-refractivity contribution is -0.130. The van der Waals surface area contributed by atoms with Crippen LogP contribution in [0.1, 0.15) is 38.3 Å². The molecular weight excluding hydrogens is 378 g/mol. The molecule has 2 aromatic rings. The lowest BCUT2D eigenvalue weighted by atomic mass is 10.2. The van der Waals surface area contributed by atoms with E-state index in [1.54, 1.807) is 6.20 Å². The number of aromatic nitrogens is 1. The molecule has 0 fully saturated rings. The molecule has 0 saturated heterocycles. The van der Waals surface area contributed by atoms with Crippen LogP contribution in [0.4, 0.5) is 0 Å². The first kappa shape index (κ1) is 23.2. The Kier molecular flexibility index (Phi) is 10.2. The molecule has 1 aromatic carbocycles. The Morgan fingerprint density at radius 3 is 2.53 bits per heavy atom. The second kappa shape index (κ2) is 13.2. The Morgan fingerprint density at radius 2 is 1.83 bits per heavy atom. The molecule has 0 spiro atoms. The van der Waals surface area contributed by atoms with Gasteiger partial charge in [-0.1, -0.05) is 36.4 Å². The van der Waals surface area contributed by atoms with Crippen LogP contribution in [0.2, 0.25) is 0 Å². The predicted octanol–water partition coefficient (Wildman–Crippen LogP) is 2.97. The summed E-state index contributed by atoms with van der Waals surface area (Å²) in [6.07, 6.45) is 2.15. The van der Waals surface area contributed by atoms with Crippen LogP contribution in [-0.2, 0) is 17.9 Å². The average Bonchev–Trinajstić information content (AvgIpc) is 2.78. The third kappa shape index (κ3) is 7.73. The van der Waals surface area contributed by atoms with Crippen LogP contribution in [0.15, 0.2) is 53.7 Å². The van der Waals surface area contributed by atoms with E-state index < -0.39 is 0 Å². The molecular formula is C23H33N5O2. The standard InChI is InChI=1S/C23H33N5O2/c1-4-24-23(26-16-14-21(29)28(5-2)6-3)27-17-20-13-10-15-25-22(20)30-18-19-11-8-7-9-12-19/h7-13,15H,4-6,14,16-18H2,1-3H3,(H2,24,26,27). The number of hydrogen-bond acceptors (Lipinski definition) is 4. The number of amides is 1. The molecule has 0 radical (unpaired) electrons. The minimum absolute atomic E-state index is 0.146. The lowest BCUT2D eigenvalue weighted by Crippen LogP contribution is -2.40. The molecule has 30 heavy (non-hydrogen) atoms. The van der Waals surface area contributed by atoms with Crippen molar-refractivity contribution in [2.24, 2.45) is 4.99 Å². The van der Waals surface area contributed by atoms with Crippen LogP contribution in [0.3, 0.4) is 0 Å². The van der Waals surface area contributed by atoms with Gasteiger partial charge in [-0.25, -0.2) is 9.98 Å². The number of nitrogens with one attached hydrogen (secondary N) is 2. The Labute approximate surface area is 179 Å². The summed E-state index contributed by atoms with van der Waals surface area (Å²) in [5.74, 6) is 1.40. The van der Waals surface area contributed by atoms with Crippen molar-refractivity contribution in [3.05, 3.63) is 59.8 Å². The number of carbonyl (C=O) groups excluding carboxylic acids is 1. The fourth-order valence-electron chi connectivity index (χ4n) is 2.93. The molecule has 0 atom stereocenters. The molecule has 0 aliphatic carbocycles. The smallest absolute Gasteiger partial charge is 0.224 e. The topological polar surface area (TPSA) is 78.9 Å². The molecule has 0 unspecified atom stereocenters. The normalized spacial score (nSPS) is 11.1. The highest BCUT2D eigenvalue weighted by atomic mass is 16.5. The molecule has 1 amide bonds. The molecule has 0 bridgehead atoms. The van der Waals surface area contributed by atoms with Crippen LogP contribution in [0.25, 0.3) is 0 Å². The number of benzene rings is 1. The highest BCUT2D eigenvalue weighted by Gasteiger charge is 2.10. The summed E-state index contributed by atoms with van der Waals surface area (Å²) in [7, 11) is 0. The highest BCUT2D eigenvalue weighted by molar-refractivity contribution is 5.81. The average molecular weight is 412 g/mol. The summed E-state index contributed by atoms with van der Waals surface area (Å²) in [5, 5.41) is 6.45. The molecule has 1 aromatic heterocycles. The zero-order chi connectivity index (χ0) is 21.6. The maximum Gasteiger partial charge on any atom is 0.224 e. The molecule has 0 aliphatic rings. The Hall–Kier alpha value is -3.09. The van der Waals surface area contributed by atoms with Crippen molar-refractivity contribution < 1.29 is 9.53 Å². The van der Waals surface area contributed by atoms with Gasteiger partial charge in [0.1, 0.15) is 6.61 Å². The monoisotopic (exact) mass is 411 g/mol. The third-order valence-corrected chi connectivity index (χ3v) is 4.57. The second-order valence-electron chi connectivity index (χ2n) is 6.68. The number of pyridine rings is 1. The number of guanidine groups is 1. The van der Waals surface area contributed by atoms with Crippen molar-refractivity contribution in [1.82, 2.24) is 20.5 Å². The van der Waals surface area contributed by atoms with Crippen molar-refractivity contribution >= 4 is 11.9 Å². The van der Waals surface area contributed by atoms with Gasteiger partial charge in [0.15, 0.2) is 5.96 Å². The second-order valence-corrected chi connectivity index (χ2v) is 6.68. The summed E-state index contributed by atoms with van der Waals surface area (Å²) in [5.41, 5.74) is 2.00. The Balaban J connectivity index is 1.94. The van der Waals surface area contributed by atoms with Gasteiger partial charge in [0, 0.05) is 44.4 Å². The van der Waals surface area contributed by atoms with Gasteiger partial charge >= 0.3 is 0 Å². The van der Waals surface area contributed by atoms with Gasteiger partial charge in [0.05, 0.1) is 6.54 Å². The summed E-state index contributed by atoms with van der Waals surface area (Å²) < 4.78 is 5.91. The van der Waals surface area contributed by atoms with E-state index in [9.17, 15) is 4.79 Å². The predicted molar refractivity (Wildman–Crippen MR) is 120 cm³/mol. The van der Waals surface area contributed by atoms with Crippen molar-refractivity contribution in [1.29, 1.82) is 0 Å². The van der Waals surface area contributed by atoms with E-state index in [1.165, 1.54) is 0 Å². The summed E-state index contributed by atoms with van der Waals surface area (Å²) in [6.45, 7) is 9.62. The van der Waals surface area contributed by atoms with Crippen molar-refractivity contribution in [2.45, 2.75) is 40.3 Å². The van der Waals surface area contributed by atoms with Crippen molar-refractivity contribution in [3.63, 3.8) is 0 Å². The minimum atomic E-state index is 0.146. The van der Waals surface area contributed by atoms with Gasteiger partial charge in [0.25, 0.3) is 0 Å². The van der Waals surface area contributed by atoms with Gasteiger partial charge < -0.3 is 20.3 Å². The van der Waals surface area contributed by atoms with E-state index in [0.717, 1.165) is 30.8 Å². The van der Waals surface area contributed by atoms with Crippen LogP contribution >= 0.6 is 0 Å². The van der Waals surface area contributed by atoms with Crippen LogP contribution in [-0.4, -0.2) is 47.9 Å². The molecule has 162 valence electrons. The fraction of sp³-hybridized carbons (Fsp3) is 0.435. The third-order valence-electron chi connectivity index (χ3n) is 4.57. The van der Waals surface area contributed by atoms with Gasteiger partial charge in [-0.15, -0.1) is 0 Å². The van der Waals surface area contributed by atoms with E-state index in [4.69, 9.17) is 4.74 Å². The lowest BCUT2D eigenvalue weighted by Gasteiger charge is -2.19. The molecule has 7 heteroatoms. The first-order valence-corrected chi connectivity index (χ1v) is 10.6. The van der Waals surface area contributed by atoms with Gasteiger partial charge in [-0.2, -0.15) is 0 Å². The largest absolute Gasteiger partial charge is 0.473 e. The van der Waals surface area contributed by atoms with E-state index in [0.29, 0.717) is 38.0 Å². The quantitative estimate of drug-likeness (QED) is 0.439. The van der Waals surface area contributed by atoms with Gasteiger partial charge in [-0.3, -0.25) is 4.79 Å². The van der Waals surface area contributed by atoms with Crippen molar-refractivity contribution in [3.8, 4) is 5.88 Å². The van der Waals surface area contributed by atoms with Crippen molar-refractivity contribution in [2.75, 3.05) is 26.2 Å². The molecule has 1 heterocycles. The zero-order valence-corrected chi connectivity index (χ0v) is 18.2. The van der Waals surface area contributed by atoms with E-state index in [2.05, 4.69) is 20.6 Å². The van der Waals surface area contributed by atoms with Gasteiger partial charge in [-0.05, 0) is 32.4 Å². The maximum atomic E-state index is 12.2. The number of rotatable bonds is 11. The van der Waals surface area contributed by atoms with Crippen LogP contribution in [0, 0.1) is 0 Å². The SMILES string of the molecule is CCNC(=NCc1cccnc1OCc1ccccc1)NCCC(=O)N(CC)CC.